The lowest BCUT2D eigenvalue weighted by Crippen LogP contribution is -3.17. The average molecular weight is 109 g/mol. The molecule has 0 saturated heterocycles. The molecule has 8 heteroatoms. The van der Waals surface area contributed by atoms with E-state index < -0.39 is 0 Å². The topological polar surface area (TPSA) is 88.5 Å². The van der Waals surface area contributed by atoms with Crippen LogP contribution in [-0.4, -0.2) is 31.1 Å². The van der Waals surface area contributed by atoms with Crippen LogP contribution in [-0.2, 0) is 0 Å². The van der Waals surface area contributed by atoms with Gasteiger partial charge in [-0.25, -0.2) is 0 Å². The van der Waals surface area contributed by atoms with Gasteiger partial charge >= 0.3 is 0 Å². The van der Waals surface area contributed by atoms with Crippen molar-refractivity contribution in [1.82, 2.24) is 0 Å². The van der Waals surface area contributed by atoms with Crippen LogP contribution in [0.4, 0.5) is 0 Å². The van der Waals surface area contributed by atoms with E-state index in [0.29, 0.717) is 0 Å². The lowest BCUT2D eigenvalue weighted by Gasteiger charge is -2.12. The summed E-state index contributed by atoms with van der Waals surface area (Å²) in [7, 11) is 5.32. The van der Waals surface area contributed by atoms with Crippen LogP contribution in [0.5, 0.6) is 0 Å². The molecule has 0 unspecified atom stereocenters. The van der Waals surface area contributed by atoms with E-state index >= 15 is 0 Å². The molecule has 0 aliphatic rings. The maximum absolute atomic E-state index is 3.49. The summed E-state index contributed by atoms with van der Waals surface area (Å²) in [5.74, 6) is 0. The molecule has 0 bridgehead atoms. The zero-order valence-electron chi connectivity index (χ0n) is 4.88. The molecule has 0 atom stereocenters. The highest BCUT2D eigenvalue weighted by atomic mass is 14.9. The maximum Gasteiger partial charge on any atom is 0.287 e. The summed E-state index contributed by atoms with van der Waals surface area (Å²) in [6.07, 6.45) is 0. The van der Waals surface area contributed by atoms with Gasteiger partial charge in [0.05, 0.1) is 0 Å². The third-order valence-corrected chi connectivity index (χ3v) is 0.494. The largest absolute Gasteiger partial charge is 1.00 e. The summed E-state index contributed by atoms with van der Waals surface area (Å²) in [6.45, 7) is 0. The summed E-state index contributed by atoms with van der Waals surface area (Å²) >= 11 is 0. The number of nitrogens with two attached hydrogens (primary N) is 2. The molecule has 0 aliphatic heterocycles. The van der Waals surface area contributed by atoms with Gasteiger partial charge in [-0.2, -0.15) is 0 Å². The van der Waals surface area contributed by atoms with Gasteiger partial charge in [-0.15, -0.1) is 0 Å². The van der Waals surface area contributed by atoms with Crippen molar-refractivity contribution < 1.29 is 21.6 Å². The lowest BCUT2D eigenvalue weighted by atomic mass is 9.97. The van der Waals surface area contributed by atoms with Gasteiger partial charge in [0.1, 0.15) is 0 Å². The molecule has 0 rings (SSSR count). The highest BCUT2D eigenvalue weighted by Gasteiger charge is 1.70. The minimum atomic E-state index is 0. The number of rotatable bonds is 4. The average Bonchev–Trinajstić information content (AvgIpc) is 1.69. The molecule has 42 valence electrons. The maximum atomic E-state index is 3.49. The van der Waals surface area contributed by atoms with E-state index in [1.165, 1.54) is 0 Å². The molecule has 0 amide bonds. The van der Waals surface area contributed by atoms with Gasteiger partial charge in [-0.05, 0) is 0 Å². The third-order valence-electron chi connectivity index (χ3n) is 0.494. The van der Waals surface area contributed by atoms with Crippen LogP contribution in [0, 0.1) is 0 Å². The van der Waals surface area contributed by atoms with Crippen molar-refractivity contribution in [2.24, 2.45) is 0 Å². The van der Waals surface area contributed by atoms with Crippen LogP contribution in [0.25, 0.3) is 0 Å². The molecule has 0 aromatic carbocycles. The van der Waals surface area contributed by atoms with Gasteiger partial charge in [-0.1, -0.05) is 0 Å². The Balaban J connectivity index is 0. The zero-order valence-corrected chi connectivity index (χ0v) is 4.88. The summed E-state index contributed by atoms with van der Waals surface area (Å²) in [6, 6.07) is 0. The Morgan fingerprint density at radius 3 is 1.62 bits per heavy atom. The second kappa shape index (κ2) is 10.2. The Bertz CT molecular complexity index is 27.2. The van der Waals surface area contributed by atoms with Crippen molar-refractivity contribution in [1.29, 1.82) is 0 Å². The molecule has 0 fully saturated rings. The van der Waals surface area contributed by atoms with Gasteiger partial charge in [0.15, 0.2) is 0 Å². The smallest absolute Gasteiger partial charge is 0.287 e. The molecule has 0 aromatic rings. The molecular weight excluding hydrogens is 99.3 g/mol. The molecule has 0 spiro atoms. The second-order valence-electron chi connectivity index (χ2n) is 1.05. The Kier molecular flexibility index (Phi) is 13.9. The van der Waals surface area contributed by atoms with Crippen LogP contribution < -0.4 is 21.6 Å². The first kappa shape index (κ1) is 11.0. The van der Waals surface area contributed by atoms with Gasteiger partial charge in [0.25, 0.3) is 15.1 Å². The minimum absolute atomic E-state index is 0. The van der Waals surface area contributed by atoms with E-state index in [4.69, 9.17) is 0 Å². The zero-order chi connectivity index (χ0) is 5.54. The van der Waals surface area contributed by atoms with Crippen molar-refractivity contribution >= 4 is 31.1 Å². The number of quaternary nitrogens is 4. The number of hydrogen-bond donors (Lipinski definition) is 4. The fraction of sp³-hybridized carbons (Fsp3) is 0. The molecule has 4 nitrogen and oxygen atoms in total. The first-order chi connectivity index (χ1) is 3.41. The molecule has 0 aromatic heterocycles. The fourth-order valence-corrected chi connectivity index (χ4v) is 0.221. The summed E-state index contributed by atoms with van der Waals surface area (Å²) in [5.41, 5.74) is 6.98. The second-order valence-corrected chi connectivity index (χ2v) is 1.05. The summed E-state index contributed by atoms with van der Waals surface area (Å²) < 4.78 is 0. The quantitative estimate of drug-likeness (QED) is 0.204. The Morgan fingerprint density at radius 2 is 1.38 bits per heavy atom. The van der Waals surface area contributed by atoms with Crippen LogP contribution in [0.15, 0.2) is 0 Å². The van der Waals surface area contributed by atoms with Crippen LogP contribution in [0.3, 0.4) is 0 Å². The van der Waals surface area contributed by atoms with Crippen molar-refractivity contribution in [3.63, 3.8) is 0 Å². The van der Waals surface area contributed by atoms with E-state index in [2.05, 4.69) is 11.3 Å². The highest BCUT2D eigenvalue weighted by Crippen LogP contribution is 0.845. The predicted octanol–water partition coefficient (Wildman–Crippen LogP) is -7.18. The molecule has 10 radical (unpaired) electrons. The van der Waals surface area contributed by atoms with E-state index in [0.717, 1.165) is 0 Å². The van der Waals surface area contributed by atoms with Crippen molar-refractivity contribution in [2.75, 3.05) is 0 Å². The molecule has 0 aliphatic carbocycles. The molecule has 0 heterocycles. The Morgan fingerprint density at radius 1 is 1.00 bits per heavy atom. The fourth-order valence-electron chi connectivity index (χ4n) is 0.221. The predicted molar refractivity (Wildman–Crippen MR) is 32.6 cm³/mol. The molecule has 10 N–H and O–H groups in total. The van der Waals surface area contributed by atoms with Gasteiger partial charge in [0, 0.05) is 0 Å². The lowest BCUT2D eigenvalue weighted by molar-refractivity contribution is -0.541. The van der Waals surface area contributed by atoms with E-state index in [1.807, 2.05) is 17.8 Å². The van der Waals surface area contributed by atoms with Crippen molar-refractivity contribution in [3.8, 4) is 0 Å². The first-order valence-electron chi connectivity index (χ1n) is 2.15. The first-order valence-corrected chi connectivity index (χ1v) is 2.15. The monoisotopic (exact) mass is 110 g/mol. The Labute approximate surface area is 53.6 Å². The highest BCUT2D eigenvalue weighted by molar-refractivity contribution is 6.30. The molecular formula is H10B4N4. The third kappa shape index (κ3) is 9.44. The van der Waals surface area contributed by atoms with Crippen molar-refractivity contribution in [3.05, 3.63) is 0 Å². The van der Waals surface area contributed by atoms with Gasteiger partial charge in [-0.3, -0.25) is 0 Å². The normalized spacial score (nSPS) is 8.25. The van der Waals surface area contributed by atoms with Crippen LogP contribution in [0.2, 0.25) is 0 Å². The number of hydrogen-bond acceptors (Lipinski definition) is 0. The Hall–Kier alpha value is 0.0997. The van der Waals surface area contributed by atoms with E-state index in [-0.39, 0.29) is 8.41 Å². The standard InChI is InChI=1S/B3H10N4.B/c4-1-6-3-7-2-5;/h6-7H2,4-5H3;/q+1;-1. The van der Waals surface area contributed by atoms with Gasteiger partial charge < -0.3 is 30.0 Å². The van der Waals surface area contributed by atoms with E-state index in [9.17, 15) is 0 Å². The minimum Gasteiger partial charge on any atom is -1.00 e. The molecule has 0 saturated carbocycles. The SMILES string of the molecule is [B-].[NH3+][B-][NH2+][B-][NH2+][B-][NH3+]. The van der Waals surface area contributed by atoms with Crippen LogP contribution in [0.1, 0.15) is 0 Å². The summed E-state index contributed by atoms with van der Waals surface area (Å²) in [4.78, 5) is 0. The summed E-state index contributed by atoms with van der Waals surface area (Å²) in [5, 5.41) is 3.70. The van der Waals surface area contributed by atoms with Crippen LogP contribution >= 0.6 is 0 Å². The van der Waals surface area contributed by atoms with E-state index in [1.54, 1.807) is 15.1 Å². The van der Waals surface area contributed by atoms with Gasteiger partial charge in [0.2, 0.25) is 7.55 Å². The van der Waals surface area contributed by atoms with Crippen molar-refractivity contribution in [2.45, 2.75) is 0 Å². The molecule has 8 heavy (non-hydrogen) atoms.